The van der Waals surface area contributed by atoms with E-state index in [0.717, 1.165) is 13.1 Å². The molecule has 0 heterocycles. The number of hydrogen-bond donors (Lipinski definition) is 2. The molecule has 3 rings (SSSR count). The lowest BCUT2D eigenvalue weighted by Gasteiger charge is -2.33. The molecule has 2 aromatic carbocycles. The average molecular weight is 381 g/mol. The minimum absolute atomic E-state index is 0.545. The molecular weight excluding hydrogens is 344 g/mol. The fourth-order valence-electron chi connectivity index (χ4n) is 3.94. The van der Waals surface area contributed by atoms with Crippen LogP contribution in [0.1, 0.15) is 36.8 Å². The van der Waals surface area contributed by atoms with Crippen LogP contribution in [0, 0.1) is 0 Å². The predicted molar refractivity (Wildman–Crippen MR) is 121 cm³/mol. The van der Waals surface area contributed by atoms with Crippen molar-refractivity contribution in [2.24, 2.45) is 0 Å². The summed E-state index contributed by atoms with van der Waals surface area (Å²) in [5.74, 6) is 0. The number of rotatable bonds is 8. The molecule has 2 aromatic rings. The van der Waals surface area contributed by atoms with Gasteiger partial charge in [0.25, 0.3) is 0 Å². The first kappa shape index (κ1) is 20.7. The smallest absolute Gasteiger partial charge is 0.0361 e. The molecule has 1 aliphatic rings. The van der Waals surface area contributed by atoms with E-state index in [-0.39, 0.29) is 0 Å². The Morgan fingerprint density at radius 1 is 0.643 bits per heavy atom. The van der Waals surface area contributed by atoms with Crippen LogP contribution in [0.3, 0.4) is 0 Å². The van der Waals surface area contributed by atoms with Gasteiger partial charge in [0.05, 0.1) is 0 Å². The lowest BCUT2D eigenvalue weighted by atomic mass is 9.90. The van der Waals surface area contributed by atoms with Crippen molar-refractivity contribution in [3.8, 4) is 0 Å². The average Bonchev–Trinajstić information content (AvgIpc) is 2.72. The maximum Gasteiger partial charge on any atom is 0.0361 e. The van der Waals surface area contributed by atoms with Crippen LogP contribution in [0.4, 0.5) is 11.4 Å². The van der Waals surface area contributed by atoms with Gasteiger partial charge in [-0.15, -0.1) is 0 Å². The topological polar surface area (TPSA) is 30.5 Å². The summed E-state index contributed by atoms with van der Waals surface area (Å²) in [7, 11) is 8.33. The summed E-state index contributed by atoms with van der Waals surface area (Å²) in [6, 6.07) is 18.8. The molecular formula is C24H36N4. The summed E-state index contributed by atoms with van der Waals surface area (Å²) in [5.41, 5.74) is 5.21. The molecule has 0 amide bonds. The Morgan fingerprint density at radius 2 is 1.00 bits per heavy atom. The van der Waals surface area contributed by atoms with E-state index >= 15 is 0 Å². The van der Waals surface area contributed by atoms with Crippen LogP contribution in [-0.2, 0) is 13.1 Å². The SMILES string of the molecule is CN(C)c1ccc(CN[C@@H]2CCCC[C@H]2NCc2ccc(N(C)C)cc2)cc1. The molecule has 4 nitrogen and oxygen atoms in total. The van der Waals surface area contributed by atoms with Gasteiger partial charge in [-0.3, -0.25) is 0 Å². The minimum atomic E-state index is 0.545. The zero-order valence-corrected chi connectivity index (χ0v) is 17.9. The van der Waals surface area contributed by atoms with Gasteiger partial charge in [0, 0.05) is 64.7 Å². The van der Waals surface area contributed by atoms with Crippen molar-refractivity contribution < 1.29 is 0 Å². The van der Waals surface area contributed by atoms with E-state index in [1.807, 2.05) is 0 Å². The van der Waals surface area contributed by atoms with Gasteiger partial charge in [-0.05, 0) is 48.2 Å². The molecule has 4 heteroatoms. The quantitative estimate of drug-likeness (QED) is 0.724. The van der Waals surface area contributed by atoms with Crippen LogP contribution in [0.25, 0.3) is 0 Å². The Balaban J connectivity index is 1.51. The Labute approximate surface area is 170 Å². The first-order valence-electron chi connectivity index (χ1n) is 10.5. The Kier molecular flexibility index (Phi) is 7.35. The second-order valence-corrected chi connectivity index (χ2v) is 8.38. The van der Waals surface area contributed by atoms with Crippen LogP contribution in [0.5, 0.6) is 0 Å². The highest BCUT2D eigenvalue weighted by Gasteiger charge is 2.24. The molecule has 28 heavy (non-hydrogen) atoms. The van der Waals surface area contributed by atoms with Gasteiger partial charge in [-0.25, -0.2) is 0 Å². The van der Waals surface area contributed by atoms with Crippen LogP contribution < -0.4 is 20.4 Å². The van der Waals surface area contributed by atoms with Gasteiger partial charge in [-0.2, -0.15) is 0 Å². The Bertz CT molecular complexity index is 643. The molecule has 2 N–H and O–H groups in total. The van der Waals surface area contributed by atoms with Crippen molar-refractivity contribution >= 4 is 11.4 Å². The highest BCUT2D eigenvalue weighted by Crippen LogP contribution is 2.21. The van der Waals surface area contributed by atoms with Gasteiger partial charge in [0.15, 0.2) is 0 Å². The van der Waals surface area contributed by atoms with Crippen molar-refractivity contribution in [2.45, 2.75) is 50.9 Å². The fourth-order valence-corrected chi connectivity index (χ4v) is 3.94. The Hall–Kier alpha value is -2.04. The molecule has 0 spiro atoms. The number of hydrogen-bond acceptors (Lipinski definition) is 4. The molecule has 1 aliphatic carbocycles. The maximum absolute atomic E-state index is 3.81. The van der Waals surface area contributed by atoms with E-state index in [9.17, 15) is 0 Å². The third kappa shape index (κ3) is 5.73. The largest absolute Gasteiger partial charge is 0.378 e. The van der Waals surface area contributed by atoms with E-state index in [1.165, 1.54) is 48.2 Å². The highest BCUT2D eigenvalue weighted by atomic mass is 15.1. The van der Waals surface area contributed by atoms with Gasteiger partial charge in [0.2, 0.25) is 0 Å². The lowest BCUT2D eigenvalue weighted by molar-refractivity contribution is 0.281. The van der Waals surface area contributed by atoms with E-state index in [1.54, 1.807) is 0 Å². The molecule has 0 aromatic heterocycles. The number of nitrogens with zero attached hydrogens (tertiary/aromatic N) is 2. The summed E-state index contributed by atoms with van der Waals surface area (Å²) in [4.78, 5) is 4.28. The third-order valence-electron chi connectivity index (χ3n) is 5.81. The molecule has 1 fully saturated rings. The molecule has 2 atom stereocenters. The van der Waals surface area contributed by atoms with Gasteiger partial charge < -0.3 is 20.4 Å². The van der Waals surface area contributed by atoms with Crippen LogP contribution >= 0.6 is 0 Å². The molecule has 0 unspecified atom stereocenters. The lowest BCUT2D eigenvalue weighted by Crippen LogP contribution is -2.49. The van der Waals surface area contributed by atoms with Crippen molar-refractivity contribution in [1.82, 2.24) is 10.6 Å². The van der Waals surface area contributed by atoms with Crippen LogP contribution in [0.2, 0.25) is 0 Å². The summed E-state index contributed by atoms with van der Waals surface area (Å²) in [6.07, 6.45) is 5.17. The zero-order valence-electron chi connectivity index (χ0n) is 17.9. The monoisotopic (exact) mass is 380 g/mol. The predicted octanol–water partition coefficient (Wildman–Crippen LogP) is 4.01. The number of nitrogens with one attached hydrogen (secondary N) is 2. The molecule has 0 aliphatic heterocycles. The van der Waals surface area contributed by atoms with E-state index < -0.39 is 0 Å². The molecule has 152 valence electrons. The molecule has 0 saturated heterocycles. The molecule has 0 bridgehead atoms. The summed E-state index contributed by atoms with van der Waals surface area (Å²) >= 11 is 0. The van der Waals surface area contributed by atoms with Gasteiger partial charge >= 0.3 is 0 Å². The summed E-state index contributed by atoms with van der Waals surface area (Å²) in [5, 5.41) is 7.63. The van der Waals surface area contributed by atoms with Crippen molar-refractivity contribution in [2.75, 3.05) is 38.0 Å². The van der Waals surface area contributed by atoms with Crippen LogP contribution in [-0.4, -0.2) is 40.3 Å². The van der Waals surface area contributed by atoms with Crippen molar-refractivity contribution in [1.29, 1.82) is 0 Å². The van der Waals surface area contributed by atoms with E-state index in [0.29, 0.717) is 12.1 Å². The standard InChI is InChI=1S/C24H36N4/c1-27(2)21-13-9-19(10-14-21)17-25-23-7-5-6-8-24(23)26-18-20-11-15-22(16-12-20)28(3)4/h9-16,23-26H,5-8,17-18H2,1-4H3/t23-,24-/m1/s1. The van der Waals surface area contributed by atoms with Gasteiger partial charge in [-0.1, -0.05) is 37.1 Å². The molecule has 1 saturated carbocycles. The summed E-state index contributed by atoms with van der Waals surface area (Å²) < 4.78 is 0. The maximum atomic E-state index is 3.81. The van der Waals surface area contributed by atoms with Gasteiger partial charge in [0.1, 0.15) is 0 Å². The Morgan fingerprint density at radius 3 is 1.32 bits per heavy atom. The van der Waals surface area contributed by atoms with Crippen molar-refractivity contribution in [3.63, 3.8) is 0 Å². The third-order valence-corrected chi connectivity index (χ3v) is 5.81. The van der Waals surface area contributed by atoms with E-state index in [2.05, 4.69) is 97.2 Å². The summed E-state index contributed by atoms with van der Waals surface area (Å²) in [6.45, 7) is 1.88. The zero-order chi connectivity index (χ0) is 19.9. The first-order chi connectivity index (χ1) is 13.5. The second kappa shape index (κ2) is 9.94. The highest BCUT2D eigenvalue weighted by molar-refractivity contribution is 5.46. The first-order valence-corrected chi connectivity index (χ1v) is 10.5. The number of benzene rings is 2. The van der Waals surface area contributed by atoms with Crippen molar-refractivity contribution in [3.05, 3.63) is 59.7 Å². The normalized spacial score (nSPS) is 19.4. The second-order valence-electron chi connectivity index (χ2n) is 8.38. The number of anilines is 2. The minimum Gasteiger partial charge on any atom is -0.378 e. The fraction of sp³-hybridized carbons (Fsp3) is 0.500. The molecule has 0 radical (unpaired) electrons. The van der Waals surface area contributed by atoms with Crippen LogP contribution in [0.15, 0.2) is 48.5 Å². The van der Waals surface area contributed by atoms with E-state index in [4.69, 9.17) is 0 Å².